The molecule has 4 rings (SSSR count). The lowest BCUT2D eigenvalue weighted by atomic mass is 10.0. The van der Waals surface area contributed by atoms with E-state index in [9.17, 15) is 9.59 Å². The number of thiophene rings is 1. The topological polar surface area (TPSA) is 39.1 Å². The Hall–Kier alpha value is -2.17. The molecule has 0 radical (unpaired) electrons. The van der Waals surface area contributed by atoms with Crippen LogP contribution in [-0.2, 0) is 13.5 Å². The van der Waals surface area contributed by atoms with Crippen molar-refractivity contribution in [1.29, 1.82) is 0 Å². The Bertz CT molecular complexity index is 1150. The lowest BCUT2D eigenvalue weighted by Gasteiger charge is -2.06. The maximum atomic E-state index is 12.8. The van der Waals surface area contributed by atoms with E-state index in [0.29, 0.717) is 22.1 Å². The van der Waals surface area contributed by atoms with E-state index in [1.165, 1.54) is 10.4 Å². The fourth-order valence-corrected chi connectivity index (χ4v) is 5.09. The maximum absolute atomic E-state index is 12.8. The van der Waals surface area contributed by atoms with Crippen LogP contribution in [0.4, 0.5) is 0 Å². The highest BCUT2D eigenvalue weighted by Crippen LogP contribution is 2.36. The molecule has 0 amide bonds. The van der Waals surface area contributed by atoms with Crippen molar-refractivity contribution in [3.63, 3.8) is 0 Å². The van der Waals surface area contributed by atoms with Crippen molar-refractivity contribution in [3.8, 4) is 0 Å². The van der Waals surface area contributed by atoms with Crippen LogP contribution in [0.5, 0.6) is 0 Å². The van der Waals surface area contributed by atoms with Crippen molar-refractivity contribution in [2.75, 3.05) is 0 Å². The number of hydrogen-bond acceptors (Lipinski definition) is 3. The SMILES string of the molecule is CCc1cc2c(cc1Cl)C(=O)/C(=C\c1cc3c(cc(C(C)C)n3C)s1)C2=O. The molecule has 0 fully saturated rings. The minimum atomic E-state index is -0.236. The molecule has 1 aliphatic rings. The van der Waals surface area contributed by atoms with E-state index < -0.39 is 0 Å². The number of carbonyl (C=O) groups is 2. The molecule has 0 atom stereocenters. The van der Waals surface area contributed by atoms with E-state index in [2.05, 4.69) is 31.5 Å². The number of aromatic nitrogens is 1. The molecule has 0 spiro atoms. The molecular formula is C22H20ClNO2S. The Morgan fingerprint density at radius 1 is 1.11 bits per heavy atom. The maximum Gasteiger partial charge on any atom is 0.197 e. The number of Topliss-reactive ketones (excluding diaryl/α,β-unsaturated/α-hetero) is 2. The van der Waals surface area contributed by atoms with Gasteiger partial charge in [0, 0.05) is 33.8 Å². The lowest BCUT2D eigenvalue weighted by Crippen LogP contribution is -2.00. The minimum Gasteiger partial charge on any atom is -0.347 e. The second kappa shape index (κ2) is 6.47. The first-order valence-electron chi connectivity index (χ1n) is 9.04. The van der Waals surface area contributed by atoms with Crippen LogP contribution in [0.25, 0.3) is 16.3 Å². The molecule has 1 aromatic carbocycles. The van der Waals surface area contributed by atoms with Gasteiger partial charge in [0.05, 0.1) is 15.8 Å². The fraction of sp³-hybridized carbons (Fsp3) is 0.273. The van der Waals surface area contributed by atoms with Gasteiger partial charge in [-0.05, 0) is 48.2 Å². The smallest absolute Gasteiger partial charge is 0.197 e. The molecule has 3 nitrogen and oxygen atoms in total. The molecule has 0 saturated carbocycles. The van der Waals surface area contributed by atoms with Crippen LogP contribution >= 0.6 is 22.9 Å². The average molecular weight is 398 g/mol. The first-order valence-corrected chi connectivity index (χ1v) is 10.2. The molecule has 27 heavy (non-hydrogen) atoms. The minimum absolute atomic E-state index is 0.207. The second-order valence-corrected chi connectivity index (χ2v) is 8.76. The molecule has 0 aliphatic heterocycles. The zero-order valence-corrected chi connectivity index (χ0v) is 17.3. The van der Waals surface area contributed by atoms with E-state index in [0.717, 1.165) is 22.4 Å². The summed E-state index contributed by atoms with van der Waals surface area (Å²) in [6.07, 6.45) is 2.45. The number of rotatable bonds is 3. The molecule has 5 heteroatoms. The number of aryl methyl sites for hydroxylation is 2. The third-order valence-corrected chi connectivity index (χ3v) is 6.58. The summed E-state index contributed by atoms with van der Waals surface area (Å²) >= 11 is 7.84. The third-order valence-electron chi connectivity index (χ3n) is 5.21. The van der Waals surface area contributed by atoms with Gasteiger partial charge >= 0.3 is 0 Å². The summed E-state index contributed by atoms with van der Waals surface area (Å²) in [6, 6.07) is 7.63. The lowest BCUT2D eigenvalue weighted by molar-refractivity contribution is 0.0990. The summed E-state index contributed by atoms with van der Waals surface area (Å²) in [6.45, 7) is 6.32. The highest BCUT2D eigenvalue weighted by molar-refractivity contribution is 7.19. The number of allylic oxidation sites excluding steroid dienone is 1. The molecule has 0 bridgehead atoms. The third kappa shape index (κ3) is 2.79. The molecule has 0 unspecified atom stereocenters. The zero-order chi connectivity index (χ0) is 19.5. The van der Waals surface area contributed by atoms with Gasteiger partial charge in [-0.3, -0.25) is 9.59 Å². The molecule has 138 valence electrons. The Labute approximate surface area is 167 Å². The predicted octanol–water partition coefficient (Wildman–Crippen LogP) is 6.04. The Morgan fingerprint density at radius 2 is 1.78 bits per heavy atom. The van der Waals surface area contributed by atoms with Crippen molar-refractivity contribution in [1.82, 2.24) is 4.57 Å². The van der Waals surface area contributed by atoms with Crippen molar-refractivity contribution >= 4 is 50.8 Å². The van der Waals surface area contributed by atoms with E-state index in [1.807, 2.05) is 13.0 Å². The van der Waals surface area contributed by atoms with Gasteiger partial charge in [-0.2, -0.15) is 0 Å². The van der Waals surface area contributed by atoms with Gasteiger partial charge in [-0.1, -0.05) is 32.4 Å². The number of benzene rings is 1. The van der Waals surface area contributed by atoms with Crippen LogP contribution in [0.2, 0.25) is 5.02 Å². The molecule has 2 aromatic heterocycles. The summed E-state index contributed by atoms with van der Waals surface area (Å²) in [4.78, 5) is 26.5. The Morgan fingerprint density at radius 3 is 2.37 bits per heavy atom. The van der Waals surface area contributed by atoms with Gasteiger partial charge in [-0.25, -0.2) is 0 Å². The van der Waals surface area contributed by atoms with Crippen LogP contribution in [-0.4, -0.2) is 16.1 Å². The summed E-state index contributed by atoms with van der Waals surface area (Å²) in [5.41, 5.74) is 4.40. The summed E-state index contributed by atoms with van der Waals surface area (Å²) < 4.78 is 3.35. The van der Waals surface area contributed by atoms with Crippen LogP contribution < -0.4 is 0 Å². The molecule has 1 aliphatic carbocycles. The number of ketones is 2. The normalized spacial score (nSPS) is 15.6. The highest BCUT2D eigenvalue weighted by atomic mass is 35.5. The monoisotopic (exact) mass is 397 g/mol. The zero-order valence-electron chi connectivity index (χ0n) is 15.7. The van der Waals surface area contributed by atoms with E-state index in [-0.39, 0.29) is 17.1 Å². The second-order valence-electron chi connectivity index (χ2n) is 7.24. The van der Waals surface area contributed by atoms with E-state index in [4.69, 9.17) is 11.6 Å². The molecule has 0 saturated heterocycles. The van der Waals surface area contributed by atoms with Gasteiger partial charge in [-0.15, -0.1) is 11.3 Å². The van der Waals surface area contributed by atoms with E-state index in [1.54, 1.807) is 29.5 Å². The van der Waals surface area contributed by atoms with Crippen LogP contribution in [0.15, 0.2) is 29.8 Å². The van der Waals surface area contributed by atoms with Crippen molar-refractivity contribution < 1.29 is 9.59 Å². The summed E-state index contributed by atoms with van der Waals surface area (Å²) in [5.74, 6) is 0.00275. The van der Waals surface area contributed by atoms with E-state index >= 15 is 0 Å². The molecule has 3 aromatic rings. The quantitative estimate of drug-likeness (QED) is 0.399. The number of halogens is 1. The van der Waals surface area contributed by atoms with Crippen LogP contribution in [0, 0.1) is 0 Å². The first kappa shape index (κ1) is 18.2. The Balaban J connectivity index is 1.77. The molecule has 2 heterocycles. The number of nitrogens with zero attached hydrogens (tertiary/aromatic N) is 1. The van der Waals surface area contributed by atoms with Gasteiger partial charge < -0.3 is 4.57 Å². The van der Waals surface area contributed by atoms with Gasteiger partial charge in [0.15, 0.2) is 11.6 Å². The standard InChI is InChI=1S/C22H20ClNO2S/c1-5-12-6-14-15(9-17(12)23)22(26)16(21(14)25)7-13-8-19-20(27-13)10-18(11(2)3)24(19)4/h6-11H,5H2,1-4H3/b16-7-. The summed E-state index contributed by atoms with van der Waals surface area (Å²) in [7, 11) is 2.05. The van der Waals surface area contributed by atoms with Crippen molar-refractivity contribution in [3.05, 3.63) is 62.1 Å². The first-order chi connectivity index (χ1) is 12.8. The number of fused-ring (bicyclic) bond motifs is 2. The summed E-state index contributed by atoms with van der Waals surface area (Å²) in [5, 5.41) is 0.543. The van der Waals surface area contributed by atoms with Crippen LogP contribution in [0.3, 0.4) is 0 Å². The highest BCUT2D eigenvalue weighted by Gasteiger charge is 2.34. The van der Waals surface area contributed by atoms with Crippen LogP contribution in [0.1, 0.15) is 63.5 Å². The van der Waals surface area contributed by atoms with Gasteiger partial charge in [0.2, 0.25) is 0 Å². The van der Waals surface area contributed by atoms with Crippen molar-refractivity contribution in [2.45, 2.75) is 33.1 Å². The largest absolute Gasteiger partial charge is 0.347 e. The fourth-order valence-electron chi connectivity index (χ4n) is 3.71. The number of carbonyl (C=O) groups excluding carboxylic acids is 2. The van der Waals surface area contributed by atoms with Gasteiger partial charge in [0.25, 0.3) is 0 Å². The van der Waals surface area contributed by atoms with Crippen molar-refractivity contribution in [2.24, 2.45) is 7.05 Å². The van der Waals surface area contributed by atoms with Gasteiger partial charge in [0.1, 0.15) is 0 Å². The molecule has 0 N–H and O–H groups in total. The molecular weight excluding hydrogens is 378 g/mol. The predicted molar refractivity (Wildman–Crippen MR) is 112 cm³/mol. The number of hydrogen-bond donors (Lipinski definition) is 0. The average Bonchev–Trinajstić information content (AvgIpc) is 3.23. The Kier molecular flexibility index (Phi) is 4.36.